The van der Waals surface area contributed by atoms with Gasteiger partial charge in [-0.15, -0.1) is 21.5 Å². The van der Waals surface area contributed by atoms with Gasteiger partial charge in [0.05, 0.1) is 0 Å². The number of aromatic nitrogens is 2. The van der Waals surface area contributed by atoms with Crippen molar-refractivity contribution in [3.63, 3.8) is 0 Å². The number of rotatable bonds is 6. The predicted octanol–water partition coefficient (Wildman–Crippen LogP) is 2.68. The molecule has 0 aliphatic carbocycles. The summed E-state index contributed by atoms with van der Waals surface area (Å²) in [5, 5.41) is 15.9. The first kappa shape index (κ1) is 15.4. The van der Waals surface area contributed by atoms with Crippen LogP contribution in [-0.4, -0.2) is 29.2 Å². The van der Waals surface area contributed by atoms with E-state index in [1.54, 1.807) is 23.5 Å². The first-order valence-electron chi connectivity index (χ1n) is 6.92. The number of nitrogens with one attached hydrogen (secondary N) is 2. The summed E-state index contributed by atoms with van der Waals surface area (Å²) in [6.07, 6.45) is 0. The van der Waals surface area contributed by atoms with Crippen LogP contribution in [0.15, 0.2) is 29.6 Å². The molecule has 112 valence electrons. The molecule has 0 spiro atoms. The fraction of sp³-hybridized carbons (Fsp3) is 0.400. The van der Waals surface area contributed by atoms with Crippen molar-refractivity contribution in [2.45, 2.75) is 26.2 Å². The number of thiophene rings is 1. The minimum absolute atomic E-state index is 0.0963. The molecule has 0 aromatic carbocycles. The van der Waals surface area contributed by atoms with E-state index >= 15 is 0 Å². The van der Waals surface area contributed by atoms with Crippen molar-refractivity contribution in [1.82, 2.24) is 15.5 Å². The zero-order chi connectivity index (χ0) is 15.3. The Kier molecular flexibility index (Phi) is 4.90. The largest absolute Gasteiger partial charge is 0.369 e. The van der Waals surface area contributed by atoms with Crippen LogP contribution in [0.1, 0.15) is 36.1 Å². The average molecular weight is 304 g/mol. The van der Waals surface area contributed by atoms with Gasteiger partial charge >= 0.3 is 0 Å². The monoisotopic (exact) mass is 304 g/mol. The van der Waals surface area contributed by atoms with Crippen molar-refractivity contribution in [1.29, 1.82) is 0 Å². The first-order valence-corrected chi connectivity index (χ1v) is 7.80. The highest BCUT2D eigenvalue weighted by molar-refractivity contribution is 7.10. The van der Waals surface area contributed by atoms with Crippen LogP contribution in [0, 0.1) is 0 Å². The van der Waals surface area contributed by atoms with E-state index in [-0.39, 0.29) is 11.3 Å². The van der Waals surface area contributed by atoms with Crippen LogP contribution in [0.4, 0.5) is 5.82 Å². The van der Waals surface area contributed by atoms with Gasteiger partial charge in [0.1, 0.15) is 5.82 Å². The van der Waals surface area contributed by atoms with E-state index in [0.29, 0.717) is 18.1 Å². The van der Waals surface area contributed by atoms with Crippen molar-refractivity contribution in [3.05, 3.63) is 40.2 Å². The maximum Gasteiger partial charge on any atom is 0.271 e. The molecule has 0 aliphatic heterocycles. The summed E-state index contributed by atoms with van der Waals surface area (Å²) in [5.41, 5.74) is 0.236. The lowest BCUT2D eigenvalue weighted by atomic mass is 9.91. The van der Waals surface area contributed by atoms with Gasteiger partial charge in [-0.2, -0.15) is 0 Å². The van der Waals surface area contributed by atoms with Gasteiger partial charge in [0.2, 0.25) is 0 Å². The van der Waals surface area contributed by atoms with E-state index in [0.717, 1.165) is 6.54 Å². The lowest BCUT2D eigenvalue weighted by Gasteiger charge is -2.23. The Bertz CT molecular complexity index is 578. The van der Waals surface area contributed by atoms with Gasteiger partial charge in [0.15, 0.2) is 5.69 Å². The third-order valence-corrected chi connectivity index (χ3v) is 4.37. The first-order chi connectivity index (χ1) is 10.0. The van der Waals surface area contributed by atoms with Crippen molar-refractivity contribution in [2.75, 3.05) is 18.4 Å². The van der Waals surface area contributed by atoms with Crippen molar-refractivity contribution in [3.8, 4) is 0 Å². The summed E-state index contributed by atoms with van der Waals surface area (Å²) in [6.45, 7) is 7.53. The standard InChI is InChI=1S/C15H20N4OS/c1-4-16-13-8-7-11(18-19-13)14(20)17-10-15(2,3)12-6-5-9-21-12/h5-9H,4,10H2,1-3H3,(H,16,19)(H,17,20). The molecule has 0 aliphatic rings. The van der Waals surface area contributed by atoms with Crippen LogP contribution in [-0.2, 0) is 5.41 Å². The van der Waals surface area contributed by atoms with Crippen LogP contribution in [0.2, 0.25) is 0 Å². The van der Waals surface area contributed by atoms with Gasteiger partial charge in [-0.25, -0.2) is 0 Å². The fourth-order valence-corrected chi connectivity index (χ4v) is 2.72. The molecule has 2 aromatic rings. The van der Waals surface area contributed by atoms with Crippen LogP contribution in [0.3, 0.4) is 0 Å². The molecule has 5 nitrogen and oxygen atoms in total. The Morgan fingerprint density at radius 1 is 1.29 bits per heavy atom. The Morgan fingerprint density at radius 2 is 2.10 bits per heavy atom. The predicted molar refractivity (Wildman–Crippen MR) is 85.9 cm³/mol. The Hall–Kier alpha value is -1.95. The van der Waals surface area contributed by atoms with E-state index in [9.17, 15) is 4.79 Å². The molecular weight excluding hydrogens is 284 g/mol. The second-order valence-corrected chi connectivity index (χ2v) is 6.33. The summed E-state index contributed by atoms with van der Waals surface area (Å²) in [5.74, 6) is 0.475. The van der Waals surface area contributed by atoms with Crippen LogP contribution >= 0.6 is 11.3 Å². The summed E-state index contributed by atoms with van der Waals surface area (Å²) in [6, 6.07) is 7.55. The Morgan fingerprint density at radius 3 is 2.67 bits per heavy atom. The van der Waals surface area contributed by atoms with Crippen molar-refractivity contribution >= 4 is 23.1 Å². The molecule has 0 fully saturated rings. The zero-order valence-electron chi connectivity index (χ0n) is 12.5. The maximum absolute atomic E-state index is 12.1. The van der Waals surface area contributed by atoms with Crippen LogP contribution < -0.4 is 10.6 Å². The third kappa shape index (κ3) is 4.01. The molecule has 2 aromatic heterocycles. The lowest BCUT2D eigenvalue weighted by Crippen LogP contribution is -2.36. The van der Waals surface area contributed by atoms with Gasteiger partial charge in [-0.1, -0.05) is 19.9 Å². The fourth-order valence-electron chi connectivity index (χ4n) is 1.87. The normalized spacial score (nSPS) is 11.2. The van der Waals surface area contributed by atoms with E-state index < -0.39 is 0 Å². The lowest BCUT2D eigenvalue weighted by molar-refractivity contribution is 0.0940. The van der Waals surface area contributed by atoms with Gasteiger partial charge in [0.25, 0.3) is 5.91 Å². The van der Waals surface area contributed by atoms with Crippen LogP contribution in [0.5, 0.6) is 0 Å². The minimum Gasteiger partial charge on any atom is -0.369 e. The molecule has 21 heavy (non-hydrogen) atoms. The van der Waals surface area contributed by atoms with E-state index in [2.05, 4.69) is 40.7 Å². The highest BCUT2D eigenvalue weighted by Crippen LogP contribution is 2.26. The van der Waals surface area contributed by atoms with Gasteiger partial charge < -0.3 is 10.6 Å². The summed E-state index contributed by atoms with van der Waals surface area (Å²) in [7, 11) is 0. The molecule has 1 amide bonds. The topological polar surface area (TPSA) is 66.9 Å². The third-order valence-electron chi connectivity index (χ3n) is 3.13. The highest BCUT2D eigenvalue weighted by Gasteiger charge is 2.23. The van der Waals surface area contributed by atoms with E-state index in [4.69, 9.17) is 0 Å². The molecule has 2 heterocycles. The summed E-state index contributed by atoms with van der Waals surface area (Å²) in [4.78, 5) is 13.3. The van der Waals surface area contributed by atoms with Gasteiger partial charge in [-0.05, 0) is 30.5 Å². The van der Waals surface area contributed by atoms with Crippen molar-refractivity contribution in [2.24, 2.45) is 0 Å². The molecule has 2 N–H and O–H groups in total. The van der Waals surface area contributed by atoms with E-state index in [1.807, 2.05) is 18.4 Å². The van der Waals surface area contributed by atoms with Crippen molar-refractivity contribution < 1.29 is 4.79 Å². The second-order valence-electron chi connectivity index (χ2n) is 5.38. The quantitative estimate of drug-likeness (QED) is 0.861. The molecule has 0 bridgehead atoms. The molecule has 0 unspecified atom stereocenters. The molecule has 0 radical (unpaired) electrons. The second kappa shape index (κ2) is 6.67. The van der Waals surface area contributed by atoms with Crippen LogP contribution in [0.25, 0.3) is 0 Å². The summed E-state index contributed by atoms with van der Waals surface area (Å²) < 4.78 is 0. The van der Waals surface area contributed by atoms with Gasteiger partial charge in [-0.3, -0.25) is 4.79 Å². The number of anilines is 1. The average Bonchev–Trinajstić information content (AvgIpc) is 3.01. The highest BCUT2D eigenvalue weighted by atomic mass is 32.1. The number of nitrogens with zero attached hydrogens (tertiary/aromatic N) is 2. The molecule has 0 saturated carbocycles. The number of carbonyl (C=O) groups is 1. The number of hydrogen-bond acceptors (Lipinski definition) is 5. The minimum atomic E-state index is -0.199. The van der Waals surface area contributed by atoms with E-state index in [1.165, 1.54) is 4.88 Å². The zero-order valence-corrected chi connectivity index (χ0v) is 13.3. The number of hydrogen-bond donors (Lipinski definition) is 2. The molecular formula is C15H20N4OS. The number of carbonyl (C=O) groups excluding carboxylic acids is 1. The summed E-state index contributed by atoms with van der Waals surface area (Å²) >= 11 is 1.70. The van der Waals surface area contributed by atoms with Gasteiger partial charge in [0, 0.05) is 23.4 Å². The molecule has 6 heteroatoms. The Labute approximate surface area is 128 Å². The Balaban J connectivity index is 1.95. The SMILES string of the molecule is CCNc1ccc(C(=O)NCC(C)(C)c2cccs2)nn1. The maximum atomic E-state index is 12.1. The molecule has 2 rings (SSSR count). The smallest absolute Gasteiger partial charge is 0.271 e. The number of amides is 1. The molecule has 0 saturated heterocycles. The molecule has 0 atom stereocenters.